The molecule has 1 aromatic carbocycles. The van der Waals surface area contributed by atoms with E-state index in [1.165, 1.54) is 19.9 Å². The zero-order chi connectivity index (χ0) is 15.9. The van der Waals surface area contributed by atoms with Crippen LogP contribution in [0.1, 0.15) is 21.5 Å². The summed E-state index contributed by atoms with van der Waals surface area (Å²) in [4.78, 5) is 11.6. The molecular weight excluding hydrogens is 351 g/mol. The van der Waals surface area contributed by atoms with Crippen molar-refractivity contribution in [3.05, 3.63) is 27.2 Å². The van der Waals surface area contributed by atoms with E-state index in [9.17, 15) is 26.7 Å². The van der Waals surface area contributed by atoms with Gasteiger partial charge in [0.05, 0.1) is 12.7 Å². The predicted octanol–water partition coefficient (Wildman–Crippen LogP) is 4.45. The van der Waals surface area contributed by atoms with E-state index in [1.54, 1.807) is 0 Å². The number of hydrogen-bond donors (Lipinski definition) is 0. The first-order valence-corrected chi connectivity index (χ1v) is 6.07. The van der Waals surface area contributed by atoms with Gasteiger partial charge in [0.25, 0.3) is 0 Å². The van der Waals surface area contributed by atoms with Crippen LogP contribution in [-0.2, 0) is 0 Å². The van der Waals surface area contributed by atoms with Crippen molar-refractivity contribution in [2.24, 2.45) is 0 Å². The molecule has 0 N–H and O–H groups in total. The molecular formula is C12H10BrF5O2. The lowest BCUT2D eigenvalue weighted by atomic mass is 9.96. The second-order valence-corrected chi connectivity index (χ2v) is 4.96. The van der Waals surface area contributed by atoms with E-state index in [4.69, 9.17) is 4.74 Å². The molecule has 1 aromatic rings. The van der Waals surface area contributed by atoms with E-state index in [-0.39, 0.29) is 21.3 Å². The van der Waals surface area contributed by atoms with Crippen LogP contribution in [0.15, 0.2) is 10.5 Å². The van der Waals surface area contributed by atoms with Crippen molar-refractivity contribution < 1.29 is 31.5 Å². The van der Waals surface area contributed by atoms with Crippen LogP contribution in [0.3, 0.4) is 0 Å². The molecule has 0 aliphatic rings. The SMILES string of the molecule is COc1c(C)cc(Br)c(C)c1C(=O)C(F)(F)C(F)(F)F. The average molecular weight is 361 g/mol. The Bertz CT molecular complexity index is 552. The van der Waals surface area contributed by atoms with Crippen LogP contribution in [0.25, 0.3) is 0 Å². The molecule has 1 rings (SSSR count). The number of hydrogen-bond acceptors (Lipinski definition) is 2. The summed E-state index contributed by atoms with van der Waals surface area (Å²) in [6.45, 7) is 2.69. The van der Waals surface area contributed by atoms with Crippen LogP contribution in [-0.4, -0.2) is 25.0 Å². The maximum Gasteiger partial charge on any atom is 0.461 e. The molecule has 2 nitrogen and oxygen atoms in total. The number of carbonyl (C=O) groups excluding carboxylic acids is 1. The zero-order valence-electron chi connectivity index (χ0n) is 10.7. The zero-order valence-corrected chi connectivity index (χ0v) is 12.2. The van der Waals surface area contributed by atoms with Gasteiger partial charge >= 0.3 is 12.1 Å². The molecule has 0 fully saturated rings. The Kier molecular flexibility index (Phi) is 4.48. The van der Waals surface area contributed by atoms with Gasteiger partial charge in [-0.25, -0.2) is 0 Å². The molecule has 8 heteroatoms. The molecule has 0 spiro atoms. The van der Waals surface area contributed by atoms with E-state index in [1.807, 2.05) is 0 Å². The fourth-order valence-electron chi connectivity index (χ4n) is 1.67. The van der Waals surface area contributed by atoms with Crippen molar-refractivity contribution in [2.45, 2.75) is 25.9 Å². The van der Waals surface area contributed by atoms with Gasteiger partial charge in [0.1, 0.15) is 5.75 Å². The largest absolute Gasteiger partial charge is 0.496 e. The van der Waals surface area contributed by atoms with Gasteiger partial charge in [-0.15, -0.1) is 0 Å². The highest BCUT2D eigenvalue weighted by atomic mass is 79.9. The summed E-state index contributed by atoms with van der Waals surface area (Å²) in [5, 5.41) is 0. The van der Waals surface area contributed by atoms with Crippen LogP contribution >= 0.6 is 15.9 Å². The van der Waals surface area contributed by atoms with Gasteiger partial charge in [-0.2, -0.15) is 22.0 Å². The number of ketones is 1. The van der Waals surface area contributed by atoms with Crippen LogP contribution in [0, 0.1) is 13.8 Å². The molecule has 0 saturated heterocycles. The molecule has 112 valence electrons. The highest BCUT2D eigenvalue weighted by Gasteiger charge is 2.63. The van der Waals surface area contributed by atoms with E-state index in [0.29, 0.717) is 0 Å². The molecule has 0 heterocycles. The highest BCUT2D eigenvalue weighted by Crippen LogP contribution is 2.42. The number of halogens is 6. The third-order valence-corrected chi connectivity index (χ3v) is 3.56. The fraction of sp³-hybridized carbons (Fsp3) is 0.417. The quantitative estimate of drug-likeness (QED) is 0.587. The Labute approximate surface area is 120 Å². The summed E-state index contributed by atoms with van der Waals surface area (Å²) in [5.41, 5.74) is -0.547. The Morgan fingerprint density at radius 3 is 2.10 bits per heavy atom. The summed E-state index contributed by atoms with van der Waals surface area (Å²) in [6.07, 6.45) is -5.96. The first kappa shape index (κ1) is 16.9. The minimum atomic E-state index is -5.96. The lowest BCUT2D eigenvalue weighted by molar-refractivity contribution is -0.255. The summed E-state index contributed by atoms with van der Waals surface area (Å²) < 4.78 is 68.4. The Balaban J connectivity index is 3.59. The minimum Gasteiger partial charge on any atom is -0.496 e. The van der Waals surface area contributed by atoms with Crippen molar-refractivity contribution >= 4 is 21.7 Å². The topological polar surface area (TPSA) is 26.3 Å². The van der Waals surface area contributed by atoms with Crippen LogP contribution in [0.2, 0.25) is 0 Å². The van der Waals surface area contributed by atoms with E-state index >= 15 is 0 Å². The van der Waals surface area contributed by atoms with Crippen molar-refractivity contribution in [2.75, 3.05) is 7.11 Å². The van der Waals surface area contributed by atoms with Gasteiger partial charge in [0.15, 0.2) is 0 Å². The molecule has 0 unspecified atom stereocenters. The molecule has 0 aromatic heterocycles. The smallest absolute Gasteiger partial charge is 0.461 e. The number of carbonyl (C=O) groups is 1. The normalized spacial score (nSPS) is 12.4. The Hall–Kier alpha value is -1.18. The number of methoxy groups -OCH3 is 1. The molecule has 0 bridgehead atoms. The number of aryl methyl sites for hydroxylation is 1. The average Bonchev–Trinajstić information content (AvgIpc) is 2.31. The third-order valence-electron chi connectivity index (χ3n) is 2.73. The summed E-state index contributed by atoms with van der Waals surface area (Å²) in [5.74, 6) is -8.10. The predicted molar refractivity (Wildman–Crippen MR) is 65.5 cm³/mol. The second kappa shape index (κ2) is 5.31. The first-order chi connectivity index (χ1) is 8.95. The standard InChI is InChI=1S/C12H10BrF5O2/c1-5-4-7(13)6(2)8(9(5)20-3)10(19)11(14,15)12(16,17)18/h4H,1-3H3. The Morgan fingerprint density at radius 1 is 1.20 bits per heavy atom. The lowest BCUT2D eigenvalue weighted by Gasteiger charge is -2.21. The summed E-state index contributed by atoms with van der Waals surface area (Å²) >= 11 is 3.01. The molecule has 0 aliphatic heterocycles. The lowest BCUT2D eigenvalue weighted by Crippen LogP contribution is -2.44. The second-order valence-electron chi connectivity index (χ2n) is 4.11. The van der Waals surface area contributed by atoms with Crippen LogP contribution in [0.5, 0.6) is 5.75 Å². The van der Waals surface area contributed by atoms with Crippen molar-refractivity contribution in [3.8, 4) is 5.75 Å². The van der Waals surface area contributed by atoms with E-state index in [0.717, 1.165) is 7.11 Å². The van der Waals surface area contributed by atoms with Gasteiger partial charge in [0.2, 0.25) is 5.78 Å². The fourth-order valence-corrected chi connectivity index (χ4v) is 2.21. The van der Waals surface area contributed by atoms with E-state index in [2.05, 4.69) is 15.9 Å². The molecule has 0 amide bonds. The van der Waals surface area contributed by atoms with Crippen molar-refractivity contribution in [1.29, 1.82) is 0 Å². The number of ether oxygens (including phenoxy) is 1. The number of alkyl halides is 5. The monoisotopic (exact) mass is 360 g/mol. The number of Topliss-reactive ketones (excluding diaryl/α,β-unsaturated/α-hetero) is 1. The van der Waals surface area contributed by atoms with E-state index < -0.39 is 23.4 Å². The Morgan fingerprint density at radius 2 is 1.70 bits per heavy atom. The maximum atomic E-state index is 13.2. The van der Waals surface area contributed by atoms with Gasteiger partial charge in [-0.05, 0) is 31.0 Å². The number of rotatable bonds is 3. The molecule has 0 aliphatic carbocycles. The molecule has 0 radical (unpaired) electrons. The first-order valence-electron chi connectivity index (χ1n) is 5.28. The molecule has 0 saturated carbocycles. The third kappa shape index (κ3) is 2.65. The van der Waals surface area contributed by atoms with Gasteiger partial charge < -0.3 is 4.74 Å². The van der Waals surface area contributed by atoms with Gasteiger partial charge in [-0.3, -0.25) is 4.79 Å². The highest BCUT2D eigenvalue weighted by molar-refractivity contribution is 9.10. The van der Waals surface area contributed by atoms with Crippen molar-refractivity contribution in [1.82, 2.24) is 0 Å². The minimum absolute atomic E-state index is 0.0404. The van der Waals surface area contributed by atoms with Gasteiger partial charge in [-0.1, -0.05) is 15.9 Å². The molecule has 0 atom stereocenters. The van der Waals surface area contributed by atoms with Crippen LogP contribution < -0.4 is 4.74 Å². The maximum absolute atomic E-state index is 13.2. The summed E-state index contributed by atoms with van der Waals surface area (Å²) in [6, 6.07) is 1.47. The van der Waals surface area contributed by atoms with Gasteiger partial charge in [0, 0.05) is 4.47 Å². The number of benzene rings is 1. The van der Waals surface area contributed by atoms with Crippen molar-refractivity contribution in [3.63, 3.8) is 0 Å². The van der Waals surface area contributed by atoms with Crippen LogP contribution in [0.4, 0.5) is 22.0 Å². The molecule has 20 heavy (non-hydrogen) atoms. The summed E-state index contributed by atoms with van der Waals surface area (Å²) in [7, 11) is 1.10.